The van der Waals surface area contributed by atoms with Gasteiger partial charge < -0.3 is 9.97 Å². The first-order chi connectivity index (χ1) is 15.8. The number of hydrogen-bond acceptors (Lipinski definition) is 2. The SMILES string of the molecule is C=Cc1cccc(-c2cc[c-]c(-c3ccccn3)c2)c1.[Ir].[c-]1ccccc1-c1ccccn1. The van der Waals surface area contributed by atoms with Crippen molar-refractivity contribution in [3.8, 4) is 33.6 Å². The van der Waals surface area contributed by atoms with Gasteiger partial charge in [0.05, 0.1) is 0 Å². The molecule has 0 aliphatic carbocycles. The molecule has 0 fully saturated rings. The standard InChI is InChI=1S/C19H14N.C11H8N.Ir/c1-2-15-7-5-8-16(13-15)17-9-6-10-18(14-17)19-11-3-4-12-20-19;1-2-6-10(7-3-1)11-8-4-5-9-12-11;/h2-9,11-14H,1H2;1-6,8-9H;/q2*-1;. The molecule has 5 aromatic rings. The van der Waals surface area contributed by atoms with Crippen LogP contribution < -0.4 is 0 Å². The van der Waals surface area contributed by atoms with Crippen LogP contribution >= 0.6 is 0 Å². The van der Waals surface area contributed by atoms with Gasteiger partial charge in [-0.2, -0.15) is 0 Å². The molecule has 2 aromatic heterocycles. The zero-order chi connectivity index (χ0) is 22.0. The molecule has 0 atom stereocenters. The minimum Gasteiger partial charge on any atom is -0.305 e. The fourth-order valence-electron chi connectivity index (χ4n) is 3.24. The van der Waals surface area contributed by atoms with Gasteiger partial charge in [-0.05, 0) is 40.7 Å². The third-order valence-electron chi connectivity index (χ3n) is 4.85. The Kier molecular flexibility index (Phi) is 9.02. The zero-order valence-corrected chi connectivity index (χ0v) is 20.4. The summed E-state index contributed by atoms with van der Waals surface area (Å²) in [7, 11) is 0. The number of nitrogens with zero attached hydrogens (tertiary/aromatic N) is 2. The van der Waals surface area contributed by atoms with Crippen LogP contribution in [0.15, 0.2) is 122 Å². The molecule has 0 saturated heterocycles. The molecule has 2 nitrogen and oxygen atoms in total. The van der Waals surface area contributed by atoms with Gasteiger partial charge in [-0.1, -0.05) is 55.1 Å². The molecule has 0 bridgehead atoms. The van der Waals surface area contributed by atoms with Gasteiger partial charge in [0.15, 0.2) is 0 Å². The molecule has 0 aliphatic heterocycles. The van der Waals surface area contributed by atoms with Gasteiger partial charge in [-0.3, -0.25) is 0 Å². The van der Waals surface area contributed by atoms with E-state index in [0.29, 0.717) is 0 Å². The van der Waals surface area contributed by atoms with E-state index in [-0.39, 0.29) is 20.1 Å². The molecule has 3 aromatic carbocycles. The predicted molar refractivity (Wildman–Crippen MR) is 133 cm³/mol. The Bertz CT molecular complexity index is 1230. The smallest absolute Gasteiger partial charge is 0.0160 e. The first-order valence-electron chi connectivity index (χ1n) is 10.4. The summed E-state index contributed by atoms with van der Waals surface area (Å²) in [5.74, 6) is 0. The monoisotopic (exact) mass is 603 g/mol. The van der Waals surface area contributed by atoms with E-state index < -0.39 is 0 Å². The molecule has 0 saturated carbocycles. The molecule has 0 amide bonds. The Labute approximate surface area is 209 Å². The molecule has 163 valence electrons. The van der Waals surface area contributed by atoms with Gasteiger partial charge in [0.1, 0.15) is 0 Å². The first-order valence-corrected chi connectivity index (χ1v) is 10.4. The normalized spacial score (nSPS) is 9.70. The summed E-state index contributed by atoms with van der Waals surface area (Å²) in [6.07, 6.45) is 5.45. The summed E-state index contributed by atoms with van der Waals surface area (Å²) in [5, 5.41) is 0. The average molecular weight is 603 g/mol. The Morgan fingerprint density at radius 2 is 1.27 bits per heavy atom. The van der Waals surface area contributed by atoms with Crippen LogP contribution in [0.25, 0.3) is 39.7 Å². The van der Waals surface area contributed by atoms with Crippen LogP contribution in [0.2, 0.25) is 0 Å². The Morgan fingerprint density at radius 3 is 1.91 bits per heavy atom. The molecule has 0 spiro atoms. The Morgan fingerprint density at radius 1 is 0.606 bits per heavy atom. The third-order valence-corrected chi connectivity index (χ3v) is 4.85. The van der Waals surface area contributed by atoms with Crippen molar-refractivity contribution in [2.75, 3.05) is 0 Å². The maximum Gasteiger partial charge on any atom is 0.0160 e. The third kappa shape index (κ3) is 6.66. The maximum atomic E-state index is 4.37. The van der Waals surface area contributed by atoms with Crippen LogP contribution in [-0.4, -0.2) is 9.97 Å². The van der Waals surface area contributed by atoms with Crippen LogP contribution in [-0.2, 0) is 20.1 Å². The zero-order valence-electron chi connectivity index (χ0n) is 18.0. The summed E-state index contributed by atoms with van der Waals surface area (Å²) < 4.78 is 0. The van der Waals surface area contributed by atoms with Crippen molar-refractivity contribution in [3.63, 3.8) is 0 Å². The van der Waals surface area contributed by atoms with Crippen molar-refractivity contribution in [1.82, 2.24) is 9.97 Å². The van der Waals surface area contributed by atoms with E-state index in [9.17, 15) is 0 Å². The summed E-state index contributed by atoms with van der Waals surface area (Å²) in [5.41, 5.74) is 7.41. The molecule has 1 radical (unpaired) electrons. The topological polar surface area (TPSA) is 25.8 Å². The molecular weight excluding hydrogens is 581 g/mol. The van der Waals surface area contributed by atoms with Crippen molar-refractivity contribution in [3.05, 3.63) is 140 Å². The first kappa shape index (κ1) is 24.0. The Hall–Kier alpha value is -3.65. The number of pyridine rings is 2. The predicted octanol–water partition coefficient (Wildman–Crippen LogP) is 7.41. The summed E-state index contributed by atoms with van der Waals surface area (Å²) >= 11 is 0. The molecule has 2 heterocycles. The van der Waals surface area contributed by atoms with E-state index in [2.05, 4.69) is 52.9 Å². The second-order valence-corrected chi connectivity index (χ2v) is 7.03. The van der Waals surface area contributed by atoms with Gasteiger partial charge in [0.2, 0.25) is 0 Å². The Balaban J connectivity index is 0.000000202. The number of benzene rings is 3. The molecule has 0 unspecified atom stereocenters. The molecule has 5 rings (SSSR count). The second-order valence-electron chi connectivity index (χ2n) is 7.03. The van der Waals surface area contributed by atoms with Crippen molar-refractivity contribution in [2.45, 2.75) is 0 Å². The maximum absolute atomic E-state index is 4.37. The number of rotatable bonds is 4. The van der Waals surface area contributed by atoms with E-state index in [0.717, 1.165) is 33.6 Å². The van der Waals surface area contributed by atoms with Gasteiger partial charge in [0.25, 0.3) is 0 Å². The van der Waals surface area contributed by atoms with E-state index in [1.807, 2.05) is 84.9 Å². The summed E-state index contributed by atoms with van der Waals surface area (Å²) in [6, 6.07) is 40.4. The minimum absolute atomic E-state index is 0. The molecule has 0 aliphatic rings. The van der Waals surface area contributed by atoms with Crippen molar-refractivity contribution in [2.24, 2.45) is 0 Å². The summed E-state index contributed by atoms with van der Waals surface area (Å²) in [6.45, 7) is 3.81. The molecule has 33 heavy (non-hydrogen) atoms. The minimum atomic E-state index is 0. The average Bonchev–Trinajstić information content (AvgIpc) is 2.91. The number of aromatic nitrogens is 2. The molecule has 3 heteroatoms. The van der Waals surface area contributed by atoms with Crippen LogP contribution in [0.3, 0.4) is 0 Å². The van der Waals surface area contributed by atoms with E-state index in [4.69, 9.17) is 0 Å². The van der Waals surface area contributed by atoms with Crippen LogP contribution in [0.5, 0.6) is 0 Å². The van der Waals surface area contributed by atoms with Gasteiger partial charge in [-0.25, -0.2) is 0 Å². The fraction of sp³-hybridized carbons (Fsp3) is 0. The van der Waals surface area contributed by atoms with Gasteiger partial charge in [-0.15, -0.1) is 71.3 Å². The van der Waals surface area contributed by atoms with Crippen LogP contribution in [0.4, 0.5) is 0 Å². The van der Waals surface area contributed by atoms with Crippen LogP contribution in [0.1, 0.15) is 5.56 Å². The van der Waals surface area contributed by atoms with Crippen molar-refractivity contribution in [1.29, 1.82) is 0 Å². The number of hydrogen-bond donors (Lipinski definition) is 0. The van der Waals surface area contributed by atoms with E-state index in [1.54, 1.807) is 12.4 Å². The largest absolute Gasteiger partial charge is 0.305 e. The summed E-state index contributed by atoms with van der Waals surface area (Å²) in [4.78, 5) is 8.59. The fourth-order valence-corrected chi connectivity index (χ4v) is 3.24. The van der Waals surface area contributed by atoms with Gasteiger partial charge >= 0.3 is 0 Å². The molecular formula is C30H22IrN2-2. The van der Waals surface area contributed by atoms with E-state index >= 15 is 0 Å². The molecule has 0 N–H and O–H groups in total. The van der Waals surface area contributed by atoms with Gasteiger partial charge in [0, 0.05) is 32.5 Å². The quantitative estimate of drug-likeness (QED) is 0.200. The van der Waals surface area contributed by atoms with E-state index in [1.165, 1.54) is 5.56 Å². The van der Waals surface area contributed by atoms with Crippen molar-refractivity contribution >= 4 is 6.08 Å². The van der Waals surface area contributed by atoms with Crippen molar-refractivity contribution < 1.29 is 20.1 Å². The second kappa shape index (κ2) is 12.4. The van der Waals surface area contributed by atoms with Crippen LogP contribution in [0, 0.1) is 12.1 Å².